The van der Waals surface area contributed by atoms with Gasteiger partial charge in [0.2, 0.25) is 11.9 Å². The van der Waals surface area contributed by atoms with Crippen LogP contribution >= 0.6 is 0 Å². The molecule has 0 saturated heterocycles. The fraction of sp³-hybridized carbons (Fsp3) is 0.438. The number of hydrogen-bond acceptors (Lipinski definition) is 7. The average Bonchev–Trinajstić information content (AvgIpc) is 2.54. The molecule has 0 bridgehead atoms. The smallest absolute Gasteiger partial charge is 0.253 e. The summed E-state index contributed by atoms with van der Waals surface area (Å²) in [6.07, 6.45) is 1.37. The minimum Gasteiger partial charge on any atom is -0.363 e. The molecule has 0 unspecified atom stereocenters. The number of carbonyl (C=O) groups excluding carboxylic acids is 1. The predicted octanol–water partition coefficient (Wildman–Crippen LogP) is -0.0556. The van der Waals surface area contributed by atoms with Crippen LogP contribution in [0.1, 0.15) is 11.4 Å². The topological polar surface area (TPSA) is 105 Å². The molecule has 9 heteroatoms. The first-order chi connectivity index (χ1) is 11.8. The Hall–Kier alpha value is -2.97. The summed E-state index contributed by atoms with van der Waals surface area (Å²) in [4.78, 5) is 38.2. The molecule has 2 N–H and O–H groups in total. The lowest BCUT2D eigenvalue weighted by molar-refractivity contribution is -0.121. The normalized spacial score (nSPS) is 10.4. The van der Waals surface area contributed by atoms with Crippen molar-refractivity contribution in [3.63, 3.8) is 0 Å². The van der Waals surface area contributed by atoms with Crippen LogP contribution in [0.2, 0.25) is 0 Å². The minimum atomic E-state index is -0.256. The van der Waals surface area contributed by atoms with E-state index in [1.54, 1.807) is 6.92 Å². The highest BCUT2D eigenvalue weighted by Gasteiger charge is 2.06. The molecule has 2 heterocycles. The van der Waals surface area contributed by atoms with Gasteiger partial charge in [-0.1, -0.05) is 0 Å². The third-order valence-electron chi connectivity index (χ3n) is 3.36. The van der Waals surface area contributed by atoms with Crippen molar-refractivity contribution in [2.24, 2.45) is 0 Å². The first kappa shape index (κ1) is 18.4. The maximum absolute atomic E-state index is 11.9. The molecular weight excluding hydrogens is 322 g/mol. The molecule has 2 aromatic heterocycles. The van der Waals surface area contributed by atoms with Crippen molar-refractivity contribution in [2.45, 2.75) is 20.4 Å². The quantitative estimate of drug-likeness (QED) is 0.678. The lowest BCUT2D eigenvalue weighted by Gasteiger charge is -2.14. The molecule has 0 aromatic carbocycles. The van der Waals surface area contributed by atoms with Gasteiger partial charge in [-0.05, 0) is 13.8 Å². The molecule has 0 aliphatic carbocycles. The van der Waals surface area contributed by atoms with E-state index in [0.29, 0.717) is 24.7 Å². The number of rotatable bonds is 7. The van der Waals surface area contributed by atoms with Gasteiger partial charge in [0.05, 0.1) is 6.33 Å². The van der Waals surface area contributed by atoms with Crippen LogP contribution in [0.3, 0.4) is 0 Å². The van der Waals surface area contributed by atoms with Gasteiger partial charge < -0.3 is 15.5 Å². The maximum Gasteiger partial charge on any atom is 0.253 e. The zero-order valence-electron chi connectivity index (χ0n) is 14.9. The second-order valence-electron chi connectivity index (χ2n) is 5.86. The van der Waals surface area contributed by atoms with E-state index in [0.717, 1.165) is 11.5 Å². The third-order valence-corrected chi connectivity index (χ3v) is 3.36. The highest BCUT2D eigenvalue weighted by Crippen LogP contribution is 2.11. The molecule has 2 rings (SSSR count). The number of hydrogen-bond donors (Lipinski definition) is 2. The Balaban J connectivity index is 1.81. The Labute approximate surface area is 146 Å². The first-order valence-electron chi connectivity index (χ1n) is 7.92. The molecule has 0 saturated carbocycles. The summed E-state index contributed by atoms with van der Waals surface area (Å²) in [5, 5.41) is 5.81. The van der Waals surface area contributed by atoms with E-state index < -0.39 is 0 Å². The van der Waals surface area contributed by atoms with Gasteiger partial charge in [0.25, 0.3) is 5.56 Å². The van der Waals surface area contributed by atoms with Gasteiger partial charge in [-0.2, -0.15) is 4.98 Å². The molecule has 9 nitrogen and oxygen atoms in total. The maximum atomic E-state index is 11.9. The van der Waals surface area contributed by atoms with Crippen molar-refractivity contribution >= 4 is 17.7 Å². The van der Waals surface area contributed by atoms with E-state index in [4.69, 9.17) is 0 Å². The average molecular weight is 345 g/mol. The Morgan fingerprint density at radius 3 is 2.60 bits per heavy atom. The number of nitrogens with one attached hydrogen (secondary N) is 2. The summed E-state index contributed by atoms with van der Waals surface area (Å²) in [6.45, 7) is 4.43. The van der Waals surface area contributed by atoms with E-state index >= 15 is 0 Å². The zero-order valence-corrected chi connectivity index (χ0v) is 14.9. The molecule has 0 atom stereocenters. The molecule has 0 spiro atoms. The second-order valence-corrected chi connectivity index (χ2v) is 5.86. The van der Waals surface area contributed by atoms with Crippen LogP contribution in [0, 0.1) is 13.8 Å². The molecule has 2 aromatic rings. The first-order valence-corrected chi connectivity index (χ1v) is 7.92. The third kappa shape index (κ3) is 5.55. The molecule has 25 heavy (non-hydrogen) atoms. The van der Waals surface area contributed by atoms with Gasteiger partial charge in [0.1, 0.15) is 12.4 Å². The van der Waals surface area contributed by atoms with Crippen molar-refractivity contribution in [3.8, 4) is 0 Å². The highest BCUT2D eigenvalue weighted by atomic mass is 16.2. The number of carbonyl (C=O) groups is 1. The van der Waals surface area contributed by atoms with Crippen molar-refractivity contribution in [3.05, 3.63) is 40.2 Å². The van der Waals surface area contributed by atoms with E-state index in [2.05, 4.69) is 25.6 Å². The summed E-state index contributed by atoms with van der Waals surface area (Å²) in [6, 6.07) is 3.28. The Kier molecular flexibility index (Phi) is 6.04. The van der Waals surface area contributed by atoms with Crippen molar-refractivity contribution in [1.29, 1.82) is 0 Å². The standard InChI is InChI=1S/C16H23N7O2/c1-11-8-15(25)23(10-19-11)9-14(24)17-5-6-18-16-20-12(2)7-13(21-16)22(3)4/h7-8,10H,5-6,9H2,1-4H3,(H,17,24)(H,18,20,21). The summed E-state index contributed by atoms with van der Waals surface area (Å²) >= 11 is 0. The van der Waals surface area contributed by atoms with E-state index in [-0.39, 0.29) is 18.0 Å². The monoisotopic (exact) mass is 345 g/mol. The zero-order chi connectivity index (χ0) is 18.4. The van der Waals surface area contributed by atoms with Gasteiger partial charge in [-0.15, -0.1) is 0 Å². The van der Waals surface area contributed by atoms with Crippen molar-refractivity contribution in [2.75, 3.05) is 37.4 Å². The van der Waals surface area contributed by atoms with Crippen LogP contribution in [0.15, 0.2) is 23.3 Å². The molecule has 1 amide bonds. The van der Waals surface area contributed by atoms with Gasteiger partial charge in [0.15, 0.2) is 0 Å². The summed E-state index contributed by atoms with van der Waals surface area (Å²) in [5.74, 6) is 1.07. The van der Waals surface area contributed by atoms with Crippen LogP contribution in [-0.2, 0) is 11.3 Å². The number of amides is 1. The van der Waals surface area contributed by atoms with Gasteiger partial charge in [0, 0.05) is 50.7 Å². The number of aryl methyl sites for hydroxylation is 2. The SMILES string of the molecule is Cc1cc(=O)n(CC(=O)NCCNc2nc(C)cc(N(C)C)n2)cn1. The summed E-state index contributed by atoms with van der Waals surface area (Å²) in [7, 11) is 3.82. The largest absolute Gasteiger partial charge is 0.363 e. The molecule has 134 valence electrons. The molecule has 0 fully saturated rings. The van der Waals surface area contributed by atoms with E-state index in [1.165, 1.54) is 17.0 Å². The van der Waals surface area contributed by atoms with Crippen LogP contribution in [0.25, 0.3) is 0 Å². The van der Waals surface area contributed by atoms with Crippen molar-refractivity contribution < 1.29 is 4.79 Å². The minimum absolute atomic E-state index is 0.0577. The summed E-state index contributed by atoms with van der Waals surface area (Å²) in [5.41, 5.74) is 1.24. The molecule has 0 aliphatic heterocycles. The van der Waals surface area contributed by atoms with Gasteiger partial charge in [-0.3, -0.25) is 14.2 Å². The fourth-order valence-corrected chi connectivity index (χ4v) is 2.08. The summed E-state index contributed by atoms with van der Waals surface area (Å²) < 4.78 is 1.27. The Bertz CT molecular complexity index is 801. The highest BCUT2D eigenvalue weighted by molar-refractivity contribution is 5.75. The Morgan fingerprint density at radius 2 is 1.92 bits per heavy atom. The molecular formula is C16H23N7O2. The van der Waals surface area contributed by atoms with Crippen LogP contribution < -0.4 is 21.1 Å². The number of nitrogens with zero attached hydrogens (tertiary/aromatic N) is 5. The van der Waals surface area contributed by atoms with E-state index in [1.807, 2.05) is 32.0 Å². The fourth-order valence-electron chi connectivity index (χ4n) is 2.08. The lowest BCUT2D eigenvalue weighted by Crippen LogP contribution is -2.35. The van der Waals surface area contributed by atoms with Crippen molar-refractivity contribution in [1.82, 2.24) is 24.8 Å². The molecule has 0 aliphatic rings. The number of aromatic nitrogens is 4. The Morgan fingerprint density at radius 1 is 1.16 bits per heavy atom. The van der Waals surface area contributed by atoms with Gasteiger partial charge >= 0.3 is 0 Å². The predicted molar refractivity (Wildman–Crippen MR) is 95.8 cm³/mol. The van der Waals surface area contributed by atoms with Crippen LogP contribution in [-0.4, -0.2) is 52.6 Å². The lowest BCUT2D eigenvalue weighted by atomic mass is 10.4. The second kappa shape index (κ2) is 8.22. The van der Waals surface area contributed by atoms with Gasteiger partial charge in [-0.25, -0.2) is 9.97 Å². The van der Waals surface area contributed by atoms with E-state index in [9.17, 15) is 9.59 Å². The van der Waals surface area contributed by atoms with Crippen LogP contribution in [0.4, 0.5) is 11.8 Å². The number of anilines is 2. The van der Waals surface area contributed by atoms with Crippen LogP contribution in [0.5, 0.6) is 0 Å². The molecule has 0 radical (unpaired) electrons.